The Labute approximate surface area is 154 Å². The van der Waals surface area contributed by atoms with Crippen LogP contribution in [0.1, 0.15) is 5.56 Å². The molecule has 0 atom stereocenters. The van der Waals surface area contributed by atoms with Crippen LogP contribution >= 0.6 is 31.9 Å². The van der Waals surface area contributed by atoms with Crippen molar-refractivity contribution in [1.82, 2.24) is 4.98 Å². The SMILES string of the molecule is C=CCOc1c(Br)cc(C=NNc2ccc([N+](=O)[O-])cn2)cc1Br. The molecule has 1 heterocycles. The predicted octanol–water partition coefficient (Wildman–Crippen LogP) is 4.53. The monoisotopic (exact) mass is 454 g/mol. The van der Waals surface area contributed by atoms with Crippen molar-refractivity contribution in [2.24, 2.45) is 5.10 Å². The third kappa shape index (κ3) is 4.87. The molecule has 0 aliphatic carbocycles. The summed E-state index contributed by atoms with van der Waals surface area (Å²) in [6.07, 6.45) is 4.42. The standard InChI is InChI=1S/C15H12Br2N4O3/c1-2-5-24-15-12(16)6-10(7-13(15)17)8-19-20-14-4-3-11(9-18-14)21(22)23/h2-4,6-9H,1,5H2,(H,18,20). The molecule has 9 heteroatoms. The van der Waals surface area contributed by atoms with Gasteiger partial charge in [-0.1, -0.05) is 12.7 Å². The average molecular weight is 456 g/mol. The summed E-state index contributed by atoms with van der Waals surface area (Å²) >= 11 is 6.88. The van der Waals surface area contributed by atoms with E-state index in [1.165, 1.54) is 12.1 Å². The van der Waals surface area contributed by atoms with Crippen LogP contribution in [0, 0.1) is 10.1 Å². The molecule has 0 spiro atoms. The van der Waals surface area contributed by atoms with E-state index in [0.29, 0.717) is 18.2 Å². The summed E-state index contributed by atoms with van der Waals surface area (Å²) in [5.41, 5.74) is 3.45. The lowest BCUT2D eigenvalue weighted by Crippen LogP contribution is -1.97. The molecule has 0 amide bonds. The maximum Gasteiger partial charge on any atom is 0.287 e. The second-order valence-corrected chi connectivity index (χ2v) is 6.15. The first-order chi connectivity index (χ1) is 11.5. The van der Waals surface area contributed by atoms with Gasteiger partial charge in [0.25, 0.3) is 5.69 Å². The number of nitro groups is 1. The van der Waals surface area contributed by atoms with Gasteiger partial charge in [0.15, 0.2) is 0 Å². The topological polar surface area (TPSA) is 89.6 Å². The van der Waals surface area contributed by atoms with Gasteiger partial charge in [-0.25, -0.2) is 4.98 Å². The van der Waals surface area contributed by atoms with Gasteiger partial charge in [-0.3, -0.25) is 15.5 Å². The summed E-state index contributed by atoms with van der Waals surface area (Å²) in [4.78, 5) is 14.0. The smallest absolute Gasteiger partial charge is 0.287 e. The van der Waals surface area contributed by atoms with Gasteiger partial charge in [-0.05, 0) is 55.6 Å². The van der Waals surface area contributed by atoms with Crippen LogP contribution in [0.5, 0.6) is 5.75 Å². The van der Waals surface area contributed by atoms with Crippen molar-refractivity contribution in [1.29, 1.82) is 0 Å². The molecule has 0 unspecified atom stereocenters. The number of rotatable bonds is 7. The number of benzene rings is 1. The van der Waals surface area contributed by atoms with Crippen LogP contribution in [0.4, 0.5) is 11.5 Å². The van der Waals surface area contributed by atoms with Crippen molar-refractivity contribution in [3.63, 3.8) is 0 Å². The Morgan fingerprint density at radius 3 is 2.62 bits per heavy atom. The Bertz CT molecular complexity index is 756. The fraction of sp³-hybridized carbons (Fsp3) is 0.0667. The fourth-order valence-electron chi connectivity index (χ4n) is 1.67. The Morgan fingerprint density at radius 1 is 1.38 bits per heavy atom. The summed E-state index contributed by atoms with van der Waals surface area (Å²) in [6, 6.07) is 6.52. The number of anilines is 1. The van der Waals surface area contributed by atoms with Gasteiger partial charge in [0, 0.05) is 6.07 Å². The van der Waals surface area contributed by atoms with E-state index in [1.807, 2.05) is 12.1 Å². The molecule has 0 saturated carbocycles. The maximum absolute atomic E-state index is 10.6. The van der Waals surface area contributed by atoms with Crippen LogP contribution in [-0.4, -0.2) is 22.7 Å². The Kier molecular flexibility index (Phi) is 6.44. The molecular weight excluding hydrogens is 444 g/mol. The quantitative estimate of drug-likeness (QED) is 0.287. The summed E-state index contributed by atoms with van der Waals surface area (Å²) in [5.74, 6) is 1.08. The Morgan fingerprint density at radius 2 is 2.08 bits per heavy atom. The lowest BCUT2D eigenvalue weighted by atomic mass is 10.2. The van der Waals surface area contributed by atoms with E-state index in [9.17, 15) is 10.1 Å². The first kappa shape index (κ1) is 18.1. The van der Waals surface area contributed by atoms with E-state index >= 15 is 0 Å². The van der Waals surface area contributed by atoms with Crippen LogP contribution in [-0.2, 0) is 0 Å². The van der Waals surface area contributed by atoms with E-state index in [1.54, 1.807) is 12.3 Å². The third-order valence-corrected chi connectivity index (χ3v) is 3.90. The van der Waals surface area contributed by atoms with Crippen molar-refractivity contribution in [3.05, 3.63) is 67.7 Å². The molecule has 1 aromatic heterocycles. The van der Waals surface area contributed by atoms with Gasteiger partial charge in [0.2, 0.25) is 0 Å². The second-order valence-electron chi connectivity index (χ2n) is 4.44. The van der Waals surface area contributed by atoms with E-state index < -0.39 is 4.92 Å². The molecule has 0 fully saturated rings. The highest BCUT2D eigenvalue weighted by Gasteiger charge is 2.08. The van der Waals surface area contributed by atoms with Crippen LogP contribution < -0.4 is 10.2 Å². The largest absolute Gasteiger partial charge is 0.487 e. The molecule has 0 bridgehead atoms. The average Bonchev–Trinajstić information content (AvgIpc) is 2.54. The molecule has 0 saturated heterocycles. The highest BCUT2D eigenvalue weighted by atomic mass is 79.9. The third-order valence-electron chi connectivity index (χ3n) is 2.72. The lowest BCUT2D eigenvalue weighted by Gasteiger charge is -2.09. The minimum atomic E-state index is -0.509. The number of halogens is 2. The summed E-state index contributed by atoms with van der Waals surface area (Å²) < 4.78 is 7.08. The molecule has 7 nitrogen and oxygen atoms in total. The van der Waals surface area contributed by atoms with Crippen LogP contribution in [0.15, 0.2) is 57.2 Å². The van der Waals surface area contributed by atoms with Crippen LogP contribution in [0.2, 0.25) is 0 Å². The van der Waals surface area contributed by atoms with Gasteiger partial charge in [0.05, 0.1) is 20.1 Å². The van der Waals surface area contributed by atoms with Crippen molar-refractivity contribution >= 4 is 49.6 Å². The summed E-state index contributed by atoms with van der Waals surface area (Å²) in [5, 5.41) is 14.6. The van der Waals surface area contributed by atoms with E-state index in [-0.39, 0.29) is 5.69 Å². The number of nitrogens with one attached hydrogen (secondary N) is 1. The number of pyridine rings is 1. The molecule has 0 radical (unpaired) electrons. The van der Waals surface area contributed by atoms with Gasteiger partial charge in [0.1, 0.15) is 24.4 Å². The predicted molar refractivity (Wildman–Crippen MR) is 99.6 cm³/mol. The molecule has 2 rings (SSSR count). The first-order valence-corrected chi connectivity index (χ1v) is 8.22. The zero-order chi connectivity index (χ0) is 17.5. The molecule has 0 aliphatic heterocycles. The second kappa shape index (κ2) is 8.55. The van der Waals surface area contributed by atoms with E-state index in [2.05, 4.69) is 54.0 Å². The fourth-order valence-corrected chi connectivity index (χ4v) is 3.12. The van der Waals surface area contributed by atoms with Gasteiger partial charge in [-0.15, -0.1) is 0 Å². The van der Waals surface area contributed by atoms with Gasteiger partial charge >= 0.3 is 0 Å². The first-order valence-electron chi connectivity index (χ1n) is 6.63. The molecule has 0 aliphatic rings. The molecule has 124 valence electrons. The number of ether oxygens (including phenoxy) is 1. The van der Waals surface area contributed by atoms with Gasteiger partial charge in [-0.2, -0.15) is 5.10 Å². The van der Waals surface area contributed by atoms with Crippen molar-refractivity contribution in [3.8, 4) is 5.75 Å². The highest BCUT2D eigenvalue weighted by molar-refractivity contribution is 9.11. The zero-order valence-corrected chi connectivity index (χ0v) is 15.4. The number of nitrogens with zero attached hydrogens (tertiary/aromatic N) is 3. The molecule has 1 N–H and O–H groups in total. The minimum absolute atomic E-state index is 0.0764. The zero-order valence-electron chi connectivity index (χ0n) is 12.3. The summed E-state index contributed by atoms with van der Waals surface area (Å²) in [6.45, 7) is 4.01. The van der Waals surface area contributed by atoms with Gasteiger partial charge < -0.3 is 4.74 Å². The molecule has 24 heavy (non-hydrogen) atoms. The number of hydrogen-bond acceptors (Lipinski definition) is 6. The number of hydrazone groups is 1. The van der Waals surface area contributed by atoms with Crippen LogP contribution in [0.3, 0.4) is 0 Å². The maximum atomic E-state index is 10.6. The van der Waals surface area contributed by atoms with Crippen molar-refractivity contribution < 1.29 is 9.66 Å². The Hall–Kier alpha value is -2.26. The normalized spacial score (nSPS) is 10.6. The van der Waals surface area contributed by atoms with Crippen molar-refractivity contribution in [2.75, 3.05) is 12.0 Å². The highest BCUT2D eigenvalue weighted by Crippen LogP contribution is 2.34. The Balaban J connectivity index is 2.06. The molecule has 2 aromatic rings. The lowest BCUT2D eigenvalue weighted by molar-refractivity contribution is -0.385. The minimum Gasteiger partial charge on any atom is -0.487 e. The van der Waals surface area contributed by atoms with Crippen molar-refractivity contribution in [2.45, 2.75) is 0 Å². The summed E-state index contributed by atoms with van der Waals surface area (Å²) in [7, 11) is 0. The number of aromatic nitrogens is 1. The van der Waals surface area contributed by atoms with Crippen LogP contribution in [0.25, 0.3) is 0 Å². The number of hydrogen-bond donors (Lipinski definition) is 1. The van der Waals surface area contributed by atoms with E-state index in [4.69, 9.17) is 4.74 Å². The molecular formula is C15H12Br2N4O3. The van der Waals surface area contributed by atoms with E-state index in [0.717, 1.165) is 20.7 Å². The molecule has 1 aromatic carbocycles.